The third-order valence-corrected chi connectivity index (χ3v) is 3.60. The molecule has 106 valence electrons. The number of ether oxygens (including phenoxy) is 1. The molecule has 0 aliphatic rings. The molecule has 0 saturated heterocycles. The SMILES string of the molecule is COc1ccc(-c2[nH]c(C(=O)O)c3ccc(Cl)cc23)cc1. The van der Waals surface area contributed by atoms with Crippen LogP contribution in [-0.4, -0.2) is 23.2 Å². The van der Waals surface area contributed by atoms with Crippen molar-refractivity contribution in [3.8, 4) is 17.0 Å². The van der Waals surface area contributed by atoms with E-state index in [9.17, 15) is 9.90 Å². The minimum Gasteiger partial charge on any atom is -0.497 e. The molecule has 21 heavy (non-hydrogen) atoms. The highest BCUT2D eigenvalue weighted by Crippen LogP contribution is 2.33. The number of benzene rings is 2. The minimum absolute atomic E-state index is 0.160. The summed E-state index contributed by atoms with van der Waals surface area (Å²) >= 11 is 6.03. The molecule has 0 amide bonds. The highest BCUT2D eigenvalue weighted by atomic mass is 35.5. The molecule has 3 aromatic rings. The predicted octanol–water partition coefficient (Wildman–Crippen LogP) is 4.20. The first kappa shape index (κ1) is 13.5. The number of carbonyl (C=O) groups is 1. The Balaban J connectivity index is 2.25. The van der Waals surface area contributed by atoms with Gasteiger partial charge in [-0.25, -0.2) is 4.79 Å². The van der Waals surface area contributed by atoms with Crippen LogP contribution in [0.5, 0.6) is 5.75 Å². The van der Waals surface area contributed by atoms with Crippen molar-refractivity contribution in [3.63, 3.8) is 0 Å². The molecule has 4 nitrogen and oxygen atoms in total. The Kier molecular flexibility index (Phi) is 3.31. The first-order valence-electron chi connectivity index (χ1n) is 6.29. The lowest BCUT2D eigenvalue weighted by atomic mass is 10.1. The molecule has 0 fully saturated rings. The lowest BCUT2D eigenvalue weighted by Crippen LogP contribution is -1.96. The average molecular weight is 302 g/mol. The van der Waals surface area contributed by atoms with Gasteiger partial charge in [-0.1, -0.05) is 17.7 Å². The van der Waals surface area contributed by atoms with Gasteiger partial charge in [0.25, 0.3) is 0 Å². The van der Waals surface area contributed by atoms with Gasteiger partial charge >= 0.3 is 5.97 Å². The van der Waals surface area contributed by atoms with Crippen LogP contribution in [0.3, 0.4) is 0 Å². The van der Waals surface area contributed by atoms with E-state index in [1.54, 1.807) is 25.3 Å². The van der Waals surface area contributed by atoms with E-state index in [1.807, 2.05) is 24.3 Å². The van der Waals surface area contributed by atoms with E-state index in [4.69, 9.17) is 16.3 Å². The second-order valence-corrected chi connectivity index (χ2v) is 5.03. The Bertz CT molecular complexity index is 821. The van der Waals surface area contributed by atoms with Crippen LogP contribution in [-0.2, 0) is 0 Å². The number of methoxy groups -OCH3 is 1. The summed E-state index contributed by atoms with van der Waals surface area (Å²) in [4.78, 5) is 14.3. The number of nitrogens with one attached hydrogen (secondary N) is 1. The Labute approximate surface area is 125 Å². The molecule has 0 saturated carbocycles. The van der Waals surface area contributed by atoms with Gasteiger partial charge in [0.15, 0.2) is 0 Å². The lowest BCUT2D eigenvalue weighted by molar-refractivity contribution is 0.0693. The Morgan fingerprint density at radius 2 is 1.86 bits per heavy atom. The number of rotatable bonds is 3. The summed E-state index contributed by atoms with van der Waals surface area (Å²) in [7, 11) is 1.60. The van der Waals surface area contributed by atoms with E-state index >= 15 is 0 Å². The summed E-state index contributed by atoms with van der Waals surface area (Å²) in [5.41, 5.74) is 1.76. The quantitative estimate of drug-likeness (QED) is 0.762. The van der Waals surface area contributed by atoms with Crippen molar-refractivity contribution in [1.29, 1.82) is 0 Å². The molecule has 0 aliphatic heterocycles. The number of hydrogen-bond donors (Lipinski definition) is 2. The third-order valence-electron chi connectivity index (χ3n) is 3.36. The number of H-pyrrole nitrogens is 1. The predicted molar refractivity (Wildman–Crippen MR) is 82.3 cm³/mol. The highest BCUT2D eigenvalue weighted by Gasteiger charge is 2.16. The van der Waals surface area contributed by atoms with Crippen LogP contribution in [0, 0.1) is 0 Å². The van der Waals surface area contributed by atoms with Crippen LogP contribution < -0.4 is 4.74 Å². The van der Waals surface area contributed by atoms with Crippen molar-refractivity contribution >= 4 is 28.3 Å². The van der Waals surface area contributed by atoms with E-state index < -0.39 is 5.97 Å². The number of hydrogen-bond acceptors (Lipinski definition) is 2. The van der Waals surface area contributed by atoms with Crippen molar-refractivity contribution in [2.75, 3.05) is 7.11 Å². The Morgan fingerprint density at radius 1 is 1.14 bits per heavy atom. The molecule has 2 N–H and O–H groups in total. The second-order valence-electron chi connectivity index (χ2n) is 4.60. The summed E-state index contributed by atoms with van der Waals surface area (Å²) in [5.74, 6) is -0.256. The number of halogens is 1. The minimum atomic E-state index is -0.998. The summed E-state index contributed by atoms with van der Waals surface area (Å²) in [5, 5.41) is 11.3. The van der Waals surface area contributed by atoms with Gasteiger partial charge in [-0.15, -0.1) is 0 Å². The van der Waals surface area contributed by atoms with Crippen LogP contribution in [0.2, 0.25) is 5.02 Å². The van der Waals surface area contributed by atoms with E-state index in [2.05, 4.69) is 4.98 Å². The number of carboxylic acid groups (broad SMARTS) is 1. The first-order chi connectivity index (χ1) is 10.1. The number of aromatic nitrogens is 1. The molecule has 1 heterocycles. The van der Waals surface area contributed by atoms with Gasteiger partial charge in [-0.3, -0.25) is 0 Å². The molecule has 0 bridgehead atoms. The van der Waals surface area contributed by atoms with E-state index in [0.29, 0.717) is 10.4 Å². The number of fused-ring (bicyclic) bond motifs is 1. The van der Waals surface area contributed by atoms with Crippen LogP contribution in [0.4, 0.5) is 0 Å². The average Bonchev–Trinajstić information content (AvgIpc) is 2.86. The summed E-state index contributed by atoms with van der Waals surface area (Å²) in [6.07, 6.45) is 0. The first-order valence-corrected chi connectivity index (χ1v) is 6.67. The maximum absolute atomic E-state index is 11.4. The van der Waals surface area contributed by atoms with Crippen molar-refractivity contribution in [3.05, 3.63) is 53.2 Å². The van der Waals surface area contributed by atoms with Crippen molar-refractivity contribution in [2.45, 2.75) is 0 Å². The number of carboxylic acids is 1. The van der Waals surface area contributed by atoms with Crippen molar-refractivity contribution < 1.29 is 14.6 Å². The second kappa shape index (κ2) is 5.14. The van der Waals surface area contributed by atoms with Crippen LogP contribution >= 0.6 is 11.6 Å². The molecule has 0 radical (unpaired) electrons. The number of aromatic carboxylic acids is 1. The molecule has 3 rings (SSSR count). The maximum atomic E-state index is 11.4. The Hall–Kier alpha value is -2.46. The van der Waals surface area contributed by atoms with Crippen LogP contribution in [0.25, 0.3) is 22.0 Å². The van der Waals surface area contributed by atoms with E-state index in [-0.39, 0.29) is 5.69 Å². The Morgan fingerprint density at radius 3 is 2.48 bits per heavy atom. The zero-order chi connectivity index (χ0) is 15.0. The molecule has 5 heteroatoms. The molecule has 2 aromatic carbocycles. The normalized spacial score (nSPS) is 10.8. The standard InChI is InChI=1S/C16H12ClNO3/c1-21-11-5-2-9(3-6-11)14-13-8-10(17)4-7-12(13)15(18-14)16(19)20/h2-8,18H,1H3,(H,19,20). The summed E-state index contributed by atoms with van der Waals surface area (Å²) in [6, 6.07) is 12.6. The third kappa shape index (κ3) is 2.34. The zero-order valence-electron chi connectivity index (χ0n) is 11.2. The van der Waals surface area contributed by atoms with Gasteiger partial charge < -0.3 is 14.8 Å². The molecular weight excluding hydrogens is 290 g/mol. The highest BCUT2D eigenvalue weighted by molar-refractivity contribution is 6.31. The van der Waals surface area contributed by atoms with Gasteiger partial charge in [0, 0.05) is 15.8 Å². The molecule has 0 unspecified atom stereocenters. The maximum Gasteiger partial charge on any atom is 0.352 e. The largest absolute Gasteiger partial charge is 0.497 e. The van der Waals surface area contributed by atoms with Gasteiger partial charge in [0.05, 0.1) is 12.8 Å². The summed E-state index contributed by atoms with van der Waals surface area (Å²) < 4.78 is 5.13. The fraction of sp³-hybridized carbons (Fsp3) is 0.0625. The lowest BCUT2D eigenvalue weighted by Gasteiger charge is -2.03. The van der Waals surface area contributed by atoms with Gasteiger partial charge in [-0.2, -0.15) is 0 Å². The van der Waals surface area contributed by atoms with Gasteiger partial charge in [0.2, 0.25) is 0 Å². The van der Waals surface area contributed by atoms with Crippen LogP contribution in [0.1, 0.15) is 10.5 Å². The molecule has 0 atom stereocenters. The fourth-order valence-corrected chi connectivity index (χ4v) is 2.53. The molecule has 0 spiro atoms. The molecular formula is C16H12ClNO3. The smallest absolute Gasteiger partial charge is 0.352 e. The number of aromatic amines is 1. The van der Waals surface area contributed by atoms with E-state index in [0.717, 1.165) is 22.4 Å². The topological polar surface area (TPSA) is 62.3 Å². The van der Waals surface area contributed by atoms with Crippen molar-refractivity contribution in [2.24, 2.45) is 0 Å². The fourth-order valence-electron chi connectivity index (χ4n) is 2.36. The summed E-state index contributed by atoms with van der Waals surface area (Å²) in [6.45, 7) is 0. The zero-order valence-corrected chi connectivity index (χ0v) is 11.9. The van der Waals surface area contributed by atoms with Gasteiger partial charge in [0.1, 0.15) is 11.4 Å². The van der Waals surface area contributed by atoms with Gasteiger partial charge in [-0.05, 0) is 42.0 Å². The van der Waals surface area contributed by atoms with E-state index in [1.165, 1.54) is 0 Å². The van der Waals surface area contributed by atoms with Crippen LogP contribution in [0.15, 0.2) is 42.5 Å². The van der Waals surface area contributed by atoms with Crippen molar-refractivity contribution in [1.82, 2.24) is 4.98 Å². The molecule has 1 aromatic heterocycles. The monoisotopic (exact) mass is 301 g/mol. The molecule has 0 aliphatic carbocycles.